The van der Waals surface area contributed by atoms with E-state index in [2.05, 4.69) is 20.8 Å². The lowest BCUT2D eigenvalue weighted by molar-refractivity contribution is 0.0745. The minimum atomic E-state index is -0.0157. The molecule has 1 heteroatoms. The summed E-state index contributed by atoms with van der Waals surface area (Å²) in [5, 5.41) is 9.61. The van der Waals surface area contributed by atoms with Crippen molar-refractivity contribution in [2.75, 3.05) is 0 Å². The molecule has 0 aromatic carbocycles. The molecular formula is C10H18O. The Morgan fingerprint density at radius 2 is 1.73 bits per heavy atom. The molecule has 0 bridgehead atoms. The molecule has 0 spiro atoms. The zero-order valence-corrected chi connectivity index (χ0v) is 7.67. The first-order chi connectivity index (χ1) is 5.03. The van der Waals surface area contributed by atoms with Crippen molar-refractivity contribution < 1.29 is 5.11 Å². The third-order valence-corrected chi connectivity index (χ3v) is 4.07. The molecule has 0 radical (unpaired) electrons. The summed E-state index contributed by atoms with van der Waals surface area (Å²) in [5.41, 5.74) is 0.547. The molecule has 0 aromatic rings. The number of hydrogen-bond donors (Lipinski definition) is 1. The molecule has 0 amide bonds. The van der Waals surface area contributed by atoms with Gasteiger partial charge in [-0.05, 0) is 36.0 Å². The second-order valence-corrected chi connectivity index (χ2v) is 5.05. The molecule has 4 atom stereocenters. The van der Waals surface area contributed by atoms with Gasteiger partial charge in [0, 0.05) is 0 Å². The Morgan fingerprint density at radius 1 is 1.18 bits per heavy atom. The van der Waals surface area contributed by atoms with Crippen LogP contribution >= 0.6 is 0 Å². The van der Waals surface area contributed by atoms with Gasteiger partial charge in [-0.3, -0.25) is 0 Å². The van der Waals surface area contributed by atoms with E-state index in [9.17, 15) is 5.11 Å². The minimum absolute atomic E-state index is 0.0157. The fourth-order valence-electron chi connectivity index (χ4n) is 2.84. The van der Waals surface area contributed by atoms with Crippen LogP contribution in [0.5, 0.6) is 0 Å². The monoisotopic (exact) mass is 154 g/mol. The molecule has 0 heterocycles. The van der Waals surface area contributed by atoms with Gasteiger partial charge in [0.2, 0.25) is 0 Å². The van der Waals surface area contributed by atoms with Crippen molar-refractivity contribution in [1.29, 1.82) is 0 Å². The summed E-state index contributed by atoms with van der Waals surface area (Å²) in [6, 6.07) is 0. The lowest BCUT2D eigenvalue weighted by Crippen LogP contribution is -2.22. The van der Waals surface area contributed by atoms with Gasteiger partial charge in [0.15, 0.2) is 0 Å². The predicted molar refractivity (Wildman–Crippen MR) is 45.2 cm³/mol. The molecule has 2 saturated carbocycles. The quantitative estimate of drug-likeness (QED) is 0.566. The molecule has 0 aromatic heterocycles. The van der Waals surface area contributed by atoms with Crippen molar-refractivity contribution in [3.05, 3.63) is 0 Å². The van der Waals surface area contributed by atoms with E-state index in [1.54, 1.807) is 0 Å². The van der Waals surface area contributed by atoms with Crippen molar-refractivity contribution in [2.45, 2.75) is 39.7 Å². The Balaban J connectivity index is 2.07. The lowest BCUT2D eigenvalue weighted by atomic mass is 9.88. The molecular weight excluding hydrogens is 136 g/mol. The van der Waals surface area contributed by atoms with Gasteiger partial charge in [0.1, 0.15) is 0 Å². The largest absolute Gasteiger partial charge is 0.393 e. The highest BCUT2D eigenvalue weighted by Crippen LogP contribution is 2.65. The van der Waals surface area contributed by atoms with Gasteiger partial charge in [-0.15, -0.1) is 0 Å². The van der Waals surface area contributed by atoms with Crippen LogP contribution in [0.3, 0.4) is 0 Å². The normalized spacial score (nSPS) is 53.5. The van der Waals surface area contributed by atoms with Gasteiger partial charge in [-0.2, -0.15) is 0 Å². The van der Waals surface area contributed by atoms with Crippen LogP contribution in [0.4, 0.5) is 0 Å². The van der Waals surface area contributed by atoms with Gasteiger partial charge in [0.25, 0.3) is 0 Å². The summed E-state index contributed by atoms with van der Waals surface area (Å²) in [7, 11) is 0. The highest BCUT2D eigenvalue weighted by Gasteiger charge is 2.60. The average molecular weight is 154 g/mol. The first kappa shape index (κ1) is 7.60. The highest BCUT2D eigenvalue weighted by molar-refractivity contribution is 5.08. The number of hydrogen-bond acceptors (Lipinski definition) is 1. The molecule has 1 nitrogen and oxygen atoms in total. The maximum atomic E-state index is 9.61. The Morgan fingerprint density at radius 3 is 2.27 bits per heavy atom. The van der Waals surface area contributed by atoms with E-state index in [0.717, 1.165) is 18.3 Å². The smallest absolute Gasteiger partial charge is 0.0568 e. The van der Waals surface area contributed by atoms with Crippen molar-refractivity contribution in [3.8, 4) is 0 Å². The van der Waals surface area contributed by atoms with E-state index in [4.69, 9.17) is 0 Å². The van der Waals surface area contributed by atoms with E-state index in [0.29, 0.717) is 11.3 Å². The molecule has 0 aliphatic heterocycles. The average Bonchev–Trinajstić information content (AvgIpc) is 2.39. The lowest BCUT2D eigenvalue weighted by Gasteiger charge is -2.22. The van der Waals surface area contributed by atoms with Crippen LogP contribution in [0.1, 0.15) is 33.6 Å². The van der Waals surface area contributed by atoms with Gasteiger partial charge < -0.3 is 5.11 Å². The van der Waals surface area contributed by atoms with Crippen molar-refractivity contribution in [1.82, 2.24) is 0 Å². The number of aliphatic hydroxyl groups is 1. The Hall–Kier alpha value is -0.0400. The second-order valence-electron chi connectivity index (χ2n) is 5.05. The number of fused-ring (bicyclic) bond motifs is 1. The van der Waals surface area contributed by atoms with Crippen LogP contribution in [0.25, 0.3) is 0 Å². The molecule has 2 fully saturated rings. The van der Waals surface area contributed by atoms with E-state index in [-0.39, 0.29) is 6.10 Å². The van der Waals surface area contributed by atoms with E-state index in [1.165, 1.54) is 6.42 Å². The maximum Gasteiger partial charge on any atom is 0.0568 e. The Kier molecular flexibility index (Phi) is 1.39. The van der Waals surface area contributed by atoms with E-state index >= 15 is 0 Å². The van der Waals surface area contributed by atoms with Gasteiger partial charge in [-0.1, -0.05) is 20.8 Å². The zero-order valence-electron chi connectivity index (χ0n) is 7.67. The summed E-state index contributed by atoms with van der Waals surface area (Å²) in [6.07, 6.45) is 2.29. The minimum Gasteiger partial charge on any atom is -0.393 e. The molecule has 0 unspecified atom stereocenters. The fourth-order valence-corrected chi connectivity index (χ4v) is 2.84. The van der Waals surface area contributed by atoms with Gasteiger partial charge in [0.05, 0.1) is 6.10 Å². The summed E-state index contributed by atoms with van der Waals surface area (Å²) in [5.74, 6) is 2.28. The first-order valence-corrected chi connectivity index (χ1v) is 4.71. The van der Waals surface area contributed by atoms with Crippen LogP contribution in [0.15, 0.2) is 0 Å². The Bertz CT molecular complexity index is 156. The SMILES string of the molecule is C[C@H]1C[C@H]2[C@H](C[C@H]1O)C2(C)C. The van der Waals surface area contributed by atoms with Crippen LogP contribution in [0.2, 0.25) is 0 Å². The van der Waals surface area contributed by atoms with Crippen molar-refractivity contribution in [2.24, 2.45) is 23.2 Å². The standard InChI is InChI=1S/C10H18O/c1-6-4-7-8(5-9(6)11)10(7,2)3/h6-9,11H,4-5H2,1-3H3/t6-,7-,8-,9+/m0/s1. The predicted octanol–water partition coefficient (Wildman–Crippen LogP) is 2.05. The van der Waals surface area contributed by atoms with Crippen LogP contribution in [-0.2, 0) is 0 Å². The van der Waals surface area contributed by atoms with Crippen LogP contribution < -0.4 is 0 Å². The van der Waals surface area contributed by atoms with Crippen molar-refractivity contribution in [3.63, 3.8) is 0 Å². The summed E-state index contributed by atoms with van der Waals surface area (Å²) in [6.45, 7) is 6.86. The van der Waals surface area contributed by atoms with Crippen LogP contribution in [-0.4, -0.2) is 11.2 Å². The topological polar surface area (TPSA) is 20.2 Å². The first-order valence-electron chi connectivity index (χ1n) is 4.71. The maximum absolute atomic E-state index is 9.61. The van der Waals surface area contributed by atoms with E-state index in [1.807, 2.05) is 0 Å². The summed E-state index contributed by atoms with van der Waals surface area (Å²) in [4.78, 5) is 0. The van der Waals surface area contributed by atoms with Gasteiger partial charge in [-0.25, -0.2) is 0 Å². The molecule has 2 rings (SSSR count). The van der Waals surface area contributed by atoms with E-state index < -0.39 is 0 Å². The summed E-state index contributed by atoms with van der Waals surface area (Å²) < 4.78 is 0. The molecule has 11 heavy (non-hydrogen) atoms. The number of rotatable bonds is 0. The molecule has 64 valence electrons. The fraction of sp³-hybridized carbons (Fsp3) is 1.00. The highest BCUT2D eigenvalue weighted by atomic mass is 16.3. The van der Waals surface area contributed by atoms with Crippen molar-refractivity contribution >= 4 is 0 Å². The third kappa shape index (κ3) is 0.936. The number of aliphatic hydroxyl groups excluding tert-OH is 1. The molecule has 0 saturated heterocycles. The molecule has 2 aliphatic rings. The zero-order chi connectivity index (χ0) is 8.22. The Labute approximate surface area is 68.8 Å². The van der Waals surface area contributed by atoms with Gasteiger partial charge >= 0.3 is 0 Å². The summed E-state index contributed by atoms with van der Waals surface area (Å²) >= 11 is 0. The third-order valence-electron chi connectivity index (χ3n) is 4.07. The van der Waals surface area contributed by atoms with Crippen LogP contribution in [0, 0.1) is 23.2 Å². The molecule has 1 N–H and O–H groups in total. The molecule has 2 aliphatic carbocycles. The second kappa shape index (κ2) is 2.01.